The van der Waals surface area contributed by atoms with E-state index in [-0.39, 0.29) is 0 Å². The zero-order chi connectivity index (χ0) is 19.5. The van der Waals surface area contributed by atoms with Crippen molar-refractivity contribution in [3.63, 3.8) is 0 Å². The minimum Gasteiger partial charge on any atom is -0.397 e. The number of fused-ring (bicyclic) bond motifs is 1. The molecule has 4 rings (SSSR count). The Morgan fingerprint density at radius 2 is 1.89 bits per heavy atom. The molecule has 0 aliphatic carbocycles. The molecule has 1 aliphatic rings. The number of carbonyl (C=O) groups is 1. The van der Waals surface area contributed by atoms with Crippen LogP contribution in [0.3, 0.4) is 0 Å². The van der Waals surface area contributed by atoms with E-state index in [0.29, 0.717) is 10.6 Å². The molecular formula is C21H23N5OS. The van der Waals surface area contributed by atoms with E-state index in [1.54, 1.807) is 6.20 Å². The van der Waals surface area contributed by atoms with Crippen LogP contribution in [0.1, 0.15) is 15.2 Å². The molecule has 3 aromatic rings. The van der Waals surface area contributed by atoms with Gasteiger partial charge in [-0.05, 0) is 11.6 Å². The van der Waals surface area contributed by atoms with Gasteiger partial charge < -0.3 is 16.4 Å². The number of rotatable bonds is 5. The highest BCUT2D eigenvalue weighted by Gasteiger charge is 2.22. The maximum Gasteiger partial charge on any atom is 0.260 e. The van der Waals surface area contributed by atoms with Crippen LogP contribution in [0.25, 0.3) is 16.3 Å². The van der Waals surface area contributed by atoms with Gasteiger partial charge in [-0.3, -0.25) is 9.69 Å². The summed E-state index contributed by atoms with van der Waals surface area (Å²) in [6.07, 6.45) is 6.15. The van der Waals surface area contributed by atoms with Crippen molar-refractivity contribution in [3.8, 4) is 0 Å². The lowest BCUT2D eigenvalue weighted by Crippen LogP contribution is -2.46. The van der Waals surface area contributed by atoms with E-state index in [2.05, 4.69) is 39.1 Å². The van der Waals surface area contributed by atoms with Gasteiger partial charge in [0.2, 0.25) is 0 Å². The monoisotopic (exact) mass is 393 g/mol. The van der Waals surface area contributed by atoms with E-state index >= 15 is 0 Å². The van der Waals surface area contributed by atoms with Crippen LogP contribution < -0.4 is 16.4 Å². The Morgan fingerprint density at radius 1 is 1.14 bits per heavy atom. The fraction of sp³-hybridized carbons (Fsp3) is 0.238. The zero-order valence-electron chi connectivity index (χ0n) is 15.5. The molecule has 1 aliphatic heterocycles. The highest BCUT2D eigenvalue weighted by atomic mass is 32.1. The quantitative estimate of drug-likeness (QED) is 0.696. The Kier molecular flexibility index (Phi) is 5.27. The van der Waals surface area contributed by atoms with Gasteiger partial charge in [-0.15, -0.1) is 11.3 Å². The molecule has 28 heavy (non-hydrogen) atoms. The Bertz CT molecular complexity index is 1010. The van der Waals surface area contributed by atoms with Gasteiger partial charge in [-0.25, -0.2) is 4.98 Å². The smallest absolute Gasteiger partial charge is 0.260 e. The third-order valence-corrected chi connectivity index (χ3v) is 6.15. The van der Waals surface area contributed by atoms with Crippen molar-refractivity contribution in [2.24, 2.45) is 5.73 Å². The number of benzene rings is 1. The minimum absolute atomic E-state index is 0.389. The van der Waals surface area contributed by atoms with Gasteiger partial charge >= 0.3 is 0 Å². The lowest BCUT2D eigenvalue weighted by molar-refractivity contribution is 0.100. The number of amides is 1. The Balaban J connectivity index is 1.44. The number of nitrogens with zero attached hydrogens (tertiary/aromatic N) is 3. The van der Waals surface area contributed by atoms with Gasteiger partial charge in [-0.2, -0.15) is 0 Å². The summed E-state index contributed by atoms with van der Waals surface area (Å²) >= 11 is 1.26. The zero-order valence-corrected chi connectivity index (χ0v) is 16.4. The topological polar surface area (TPSA) is 88.5 Å². The predicted molar refractivity (Wildman–Crippen MR) is 117 cm³/mol. The summed E-state index contributed by atoms with van der Waals surface area (Å²) < 4.78 is 0. The van der Waals surface area contributed by atoms with Crippen molar-refractivity contribution < 1.29 is 4.79 Å². The number of piperazine rings is 1. The molecule has 6 nitrogen and oxygen atoms in total. The second kappa shape index (κ2) is 8.00. The maximum atomic E-state index is 11.6. The Hall–Kier alpha value is -2.90. The molecule has 7 heteroatoms. The number of primary amides is 1. The molecule has 144 valence electrons. The first-order valence-electron chi connectivity index (χ1n) is 9.29. The standard InChI is InChI=1S/C21H23N5OS/c22-18-17-16(8-9-24-21(17)28-19(18)20(23)27)26-13-11-25(12-14-26)10-4-7-15-5-2-1-3-6-15/h1-9H,10-14,22H2,(H2,23,27)/b7-4+. The third-order valence-electron chi connectivity index (χ3n) is 5.02. The molecule has 1 aromatic carbocycles. The molecule has 4 N–H and O–H groups in total. The van der Waals surface area contributed by atoms with E-state index in [1.165, 1.54) is 16.9 Å². The summed E-state index contributed by atoms with van der Waals surface area (Å²) in [5, 5.41) is 0.846. The van der Waals surface area contributed by atoms with E-state index < -0.39 is 5.91 Å². The summed E-state index contributed by atoms with van der Waals surface area (Å²) in [5.41, 5.74) is 14.4. The summed E-state index contributed by atoms with van der Waals surface area (Å²) in [5.74, 6) is -0.499. The van der Waals surface area contributed by atoms with Crippen LogP contribution in [-0.4, -0.2) is 48.5 Å². The highest BCUT2D eigenvalue weighted by molar-refractivity contribution is 7.21. The normalized spacial score (nSPS) is 15.5. The average Bonchev–Trinajstić information content (AvgIpc) is 3.07. The van der Waals surface area contributed by atoms with E-state index in [9.17, 15) is 4.79 Å². The van der Waals surface area contributed by atoms with Gasteiger partial charge in [0.15, 0.2) is 0 Å². The summed E-state index contributed by atoms with van der Waals surface area (Å²) in [7, 11) is 0. The average molecular weight is 394 g/mol. The molecule has 0 spiro atoms. The first-order chi connectivity index (χ1) is 13.6. The minimum atomic E-state index is -0.499. The van der Waals surface area contributed by atoms with Crippen LogP contribution in [0.15, 0.2) is 48.7 Å². The SMILES string of the molecule is NC(=O)c1sc2nccc(N3CCN(C/C=C/c4ccccc4)CC3)c2c1N. The molecule has 0 radical (unpaired) electrons. The van der Waals surface area contributed by atoms with Crippen molar-refractivity contribution >= 4 is 44.9 Å². The fourth-order valence-electron chi connectivity index (χ4n) is 3.55. The molecule has 1 amide bonds. The van der Waals surface area contributed by atoms with Crippen LogP contribution in [0.5, 0.6) is 0 Å². The summed E-state index contributed by atoms with van der Waals surface area (Å²) in [4.78, 5) is 21.9. The molecule has 1 saturated heterocycles. The predicted octanol–water partition coefficient (Wildman–Crippen LogP) is 2.81. The molecule has 3 heterocycles. The number of nitrogens with two attached hydrogens (primary N) is 2. The van der Waals surface area contributed by atoms with Crippen molar-refractivity contribution in [1.29, 1.82) is 0 Å². The first-order valence-corrected chi connectivity index (χ1v) is 10.1. The largest absolute Gasteiger partial charge is 0.397 e. The number of carbonyl (C=O) groups excluding carboxylic acids is 1. The first kappa shape index (κ1) is 18.5. The number of thiophene rings is 1. The number of anilines is 2. The Morgan fingerprint density at radius 3 is 2.61 bits per heavy atom. The molecule has 0 atom stereocenters. The number of aromatic nitrogens is 1. The second-order valence-electron chi connectivity index (χ2n) is 6.82. The van der Waals surface area contributed by atoms with Crippen molar-refractivity contribution in [2.45, 2.75) is 0 Å². The summed E-state index contributed by atoms with van der Waals surface area (Å²) in [6.45, 7) is 4.67. The van der Waals surface area contributed by atoms with Crippen molar-refractivity contribution in [3.05, 3.63) is 59.1 Å². The van der Waals surface area contributed by atoms with Crippen molar-refractivity contribution in [1.82, 2.24) is 9.88 Å². The summed E-state index contributed by atoms with van der Waals surface area (Å²) in [6, 6.07) is 12.3. The molecule has 0 bridgehead atoms. The molecule has 1 fully saturated rings. The van der Waals surface area contributed by atoms with E-state index in [0.717, 1.165) is 48.6 Å². The number of hydrogen-bond donors (Lipinski definition) is 2. The molecule has 0 saturated carbocycles. The molecular weight excluding hydrogens is 370 g/mol. The van der Waals surface area contributed by atoms with Crippen LogP contribution in [-0.2, 0) is 0 Å². The van der Waals surface area contributed by atoms with Crippen molar-refractivity contribution in [2.75, 3.05) is 43.4 Å². The van der Waals surface area contributed by atoms with Crippen LogP contribution in [0.4, 0.5) is 11.4 Å². The second-order valence-corrected chi connectivity index (χ2v) is 7.82. The number of hydrogen-bond acceptors (Lipinski definition) is 6. The van der Waals surface area contributed by atoms with Crippen LogP contribution in [0, 0.1) is 0 Å². The highest BCUT2D eigenvalue weighted by Crippen LogP contribution is 2.38. The lowest BCUT2D eigenvalue weighted by atomic mass is 10.2. The van der Waals surface area contributed by atoms with E-state index in [4.69, 9.17) is 11.5 Å². The van der Waals surface area contributed by atoms with Gasteiger partial charge in [0, 0.05) is 38.9 Å². The van der Waals surface area contributed by atoms with Crippen LogP contribution >= 0.6 is 11.3 Å². The number of nitrogen functional groups attached to an aromatic ring is 1. The van der Waals surface area contributed by atoms with Gasteiger partial charge in [0.25, 0.3) is 5.91 Å². The molecule has 2 aromatic heterocycles. The number of pyridine rings is 1. The fourth-order valence-corrected chi connectivity index (χ4v) is 4.48. The van der Waals surface area contributed by atoms with E-state index in [1.807, 2.05) is 24.3 Å². The van der Waals surface area contributed by atoms with Gasteiger partial charge in [0.05, 0.1) is 16.8 Å². The maximum absolute atomic E-state index is 11.6. The molecule has 0 unspecified atom stereocenters. The van der Waals surface area contributed by atoms with Gasteiger partial charge in [0.1, 0.15) is 9.71 Å². The van der Waals surface area contributed by atoms with Crippen LogP contribution in [0.2, 0.25) is 0 Å². The lowest BCUT2D eigenvalue weighted by Gasteiger charge is -2.36. The Labute approximate surface area is 168 Å². The van der Waals surface area contributed by atoms with Gasteiger partial charge in [-0.1, -0.05) is 42.5 Å². The third kappa shape index (κ3) is 3.72.